The predicted octanol–water partition coefficient (Wildman–Crippen LogP) is 4.62. The highest BCUT2D eigenvalue weighted by atomic mass is 17.0. The summed E-state index contributed by atoms with van der Waals surface area (Å²) >= 11 is 0. The Hall–Kier alpha value is -0.160. The van der Waals surface area contributed by atoms with Crippen molar-refractivity contribution in [3.05, 3.63) is 0 Å². The van der Waals surface area contributed by atoms with Crippen LogP contribution >= 0.6 is 0 Å². The molecule has 1 rings (SSSR count). The van der Waals surface area contributed by atoms with Gasteiger partial charge in [-0.1, -0.05) is 59.3 Å². The van der Waals surface area contributed by atoms with E-state index in [9.17, 15) is 0 Å². The van der Waals surface area contributed by atoms with Gasteiger partial charge in [-0.2, -0.15) is 0 Å². The third-order valence-corrected chi connectivity index (χ3v) is 4.25. The molecule has 1 aliphatic rings. The van der Waals surface area contributed by atoms with Gasteiger partial charge < -0.3 is 0 Å². The van der Waals surface area contributed by atoms with Crippen LogP contribution in [0, 0.1) is 5.92 Å². The van der Waals surface area contributed by atoms with E-state index in [1.165, 1.54) is 51.4 Å². The second-order valence-electron chi connectivity index (χ2n) is 6.34. The minimum Gasteiger partial charge on any atom is -0.260 e. The molecular weight excluding hydrogens is 264 g/mol. The van der Waals surface area contributed by atoms with Crippen LogP contribution in [-0.2, 0) is 9.68 Å². The first-order valence-corrected chi connectivity index (χ1v) is 9.10. The molecule has 1 fully saturated rings. The molecule has 4 heteroatoms. The highest BCUT2D eigenvalue weighted by Crippen LogP contribution is 2.24. The van der Waals surface area contributed by atoms with E-state index in [0.29, 0.717) is 18.6 Å². The lowest BCUT2D eigenvalue weighted by Gasteiger charge is -2.33. The largest absolute Gasteiger partial charge is 0.260 e. The second kappa shape index (κ2) is 12.4. The van der Waals surface area contributed by atoms with Gasteiger partial charge in [0, 0.05) is 11.4 Å². The van der Waals surface area contributed by atoms with E-state index in [-0.39, 0.29) is 0 Å². The van der Waals surface area contributed by atoms with Gasteiger partial charge in [-0.05, 0) is 31.6 Å². The third-order valence-electron chi connectivity index (χ3n) is 4.25. The van der Waals surface area contributed by atoms with Gasteiger partial charge in [0.1, 0.15) is 0 Å². The Balaban J connectivity index is 2.22. The molecule has 0 aromatic rings. The maximum absolute atomic E-state index is 5.78. The number of hydrogen-bond donors (Lipinski definition) is 1. The second-order valence-corrected chi connectivity index (χ2v) is 6.34. The highest BCUT2D eigenvalue weighted by Gasteiger charge is 2.23. The van der Waals surface area contributed by atoms with Gasteiger partial charge in [0.2, 0.25) is 0 Å². The van der Waals surface area contributed by atoms with Crippen LogP contribution < -0.4 is 5.43 Å². The molecule has 0 spiro atoms. The standard InChI is InChI=1S/C17H36N2O2/c1-4-6-7-8-11-15-21-19(20-14-5-2)18-17-13-10-9-12-16(17)3/h16-18H,4-15H2,1-3H3. The molecular formula is C17H36N2O2. The van der Waals surface area contributed by atoms with Crippen LogP contribution in [0.4, 0.5) is 0 Å². The molecule has 1 saturated carbocycles. The summed E-state index contributed by atoms with van der Waals surface area (Å²) < 4.78 is 0. The summed E-state index contributed by atoms with van der Waals surface area (Å²) in [5.41, 5.74) is 3.43. The molecule has 2 unspecified atom stereocenters. The Morgan fingerprint density at radius 1 is 0.905 bits per heavy atom. The van der Waals surface area contributed by atoms with Gasteiger partial charge in [0.25, 0.3) is 0 Å². The first-order valence-electron chi connectivity index (χ1n) is 9.10. The van der Waals surface area contributed by atoms with Crippen molar-refractivity contribution in [2.45, 2.75) is 91.0 Å². The first kappa shape index (κ1) is 18.9. The molecule has 0 aliphatic heterocycles. The Morgan fingerprint density at radius 3 is 2.33 bits per heavy atom. The Kier molecular flexibility index (Phi) is 11.1. The smallest absolute Gasteiger partial charge is 0.0726 e. The van der Waals surface area contributed by atoms with Gasteiger partial charge in [-0.15, -0.1) is 0 Å². The molecule has 0 aromatic carbocycles. The van der Waals surface area contributed by atoms with Crippen molar-refractivity contribution in [2.24, 2.45) is 5.92 Å². The average Bonchev–Trinajstić information content (AvgIpc) is 2.50. The summed E-state index contributed by atoms with van der Waals surface area (Å²) in [5, 5.41) is 1.55. The zero-order valence-electron chi connectivity index (χ0n) is 14.4. The van der Waals surface area contributed by atoms with Crippen LogP contribution in [0.5, 0.6) is 0 Å². The van der Waals surface area contributed by atoms with Gasteiger partial charge in [-0.3, -0.25) is 9.68 Å². The van der Waals surface area contributed by atoms with Gasteiger partial charge in [-0.25, -0.2) is 5.43 Å². The number of nitrogens with zero attached hydrogens (tertiary/aromatic N) is 1. The molecule has 0 amide bonds. The molecule has 0 saturated heterocycles. The van der Waals surface area contributed by atoms with Crippen molar-refractivity contribution in [3.8, 4) is 0 Å². The van der Waals surface area contributed by atoms with Crippen LogP contribution in [0.2, 0.25) is 0 Å². The Bertz CT molecular complexity index is 239. The van der Waals surface area contributed by atoms with Crippen molar-refractivity contribution in [1.29, 1.82) is 0 Å². The molecule has 0 aromatic heterocycles. The average molecular weight is 300 g/mol. The predicted molar refractivity (Wildman–Crippen MR) is 87.3 cm³/mol. The molecule has 1 aliphatic carbocycles. The molecule has 2 atom stereocenters. The van der Waals surface area contributed by atoms with Crippen molar-refractivity contribution < 1.29 is 9.68 Å². The van der Waals surface area contributed by atoms with Crippen LogP contribution in [0.25, 0.3) is 0 Å². The van der Waals surface area contributed by atoms with E-state index < -0.39 is 0 Å². The van der Waals surface area contributed by atoms with Crippen molar-refractivity contribution in [3.63, 3.8) is 0 Å². The lowest BCUT2D eigenvalue weighted by atomic mass is 9.86. The van der Waals surface area contributed by atoms with Gasteiger partial charge in [0.05, 0.1) is 13.2 Å². The van der Waals surface area contributed by atoms with Crippen LogP contribution in [0.3, 0.4) is 0 Å². The molecule has 0 bridgehead atoms. The van der Waals surface area contributed by atoms with Crippen LogP contribution in [0.15, 0.2) is 0 Å². The molecule has 0 radical (unpaired) electrons. The summed E-state index contributed by atoms with van der Waals surface area (Å²) in [5.74, 6) is 0.694. The van der Waals surface area contributed by atoms with Crippen LogP contribution in [-0.4, -0.2) is 24.6 Å². The van der Waals surface area contributed by atoms with Crippen molar-refractivity contribution >= 4 is 0 Å². The summed E-state index contributed by atoms with van der Waals surface area (Å²) in [6.07, 6.45) is 12.4. The van der Waals surface area contributed by atoms with Crippen molar-refractivity contribution in [1.82, 2.24) is 10.8 Å². The number of rotatable bonds is 12. The molecule has 21 heavy (non-hydrogen) atoms. The number of hydrogen-bond acceptors (Lipinski definition) is 4. The van der Waals surface area contributed by atoms with Gasteiger partial charge >= 0.3 is 0 Å². The van der Waals surface area contributed by atoms with E-state index in [1.54, 1.807) is 5.34 Å². The summed E-state index contributed by atoms with van der Waals surface area (Å²) in [7, 11) is 0. The maximum Gasteiger partial charge on any atom is 0.0726 e. The zero-order valence-corrected chi connectivity index (χ0v) is 14.4. The lowest BCUT2D eigenvalue weighted by Crippen LogP contribution is -2.48. The van der Waals surface area contributed by atoms with Crippen molar-refractivity contribution in [2.75, 3.05) is 13.2 Å². The van der Waals surface area contributed by atoms with Gasteiger partial charge in [0.15, 0.2) is 0 Å². The summed E-state index contributed by atoms with van der Waals surface area (Å²) in [6.45, 7) is 8.11. The number of unbranched alkanes of at least 4 members (excludes halogenated alkanes) is 4. The van der Waals surface area contributed by atoms with E-state index in [0.717, 1.165) is 19.4 Å². The number of hydrazine groups is 1. The molecule has 0 heterocycles. The first-order chi connectivity index (χ1) is 10.3. The van der Waals surface area contributed by atoms with E-state index in [1.807, 2.05) is 0 Å². The molecule has 126 valence electrons. The number of nitrogens with one attached hydrogen (secondary N) is 1. The SMILES string of the molecule is CCCCCCCON(NC1CCCCC1C)OCCC. The summed E-state index contributed by atoms with van der Waals surface area (Å²) in [4.78, 5) is 11.4. The van der Waals surface area contributed by atoms with Crippen LogP contribution in [0.1, 0.15) is 85.0 Å². The fourth-order valence-electron chi connectivity index (χ4n) is 2.78. The van der Waals surface area contributed by atoms with E-state index >= 15 is 0 Å². The lowest BCUT2D eigenvalue weighted by molar-refractivity contribution is -0.403. The highest BCUT2D eigenvalue weighted by molar-refractivity contribution is 4.75. The Morgan fingerprint density at radius 2 is 1.62 bits per heavy atom. The quantitative estimate of drug-likeness (QED) is 0.421. The fourth-order valence-corrected chi connectivity index (χ4v) is 2.78. The topological polar surface area (TPSA) is 33.7 Å². The fraction of sp³-hybridized carbons (Fsp3) is 1.00. The molecule has 1 N–H and O–H groups in total. The van der Waals surface area contributed by atoms with E-state index in [2.05, 4.69) is 26.2 Å². The minimum atomic E-state index is 0.482. The normalized spacial score (nSPS) is 22.9. The van der Waals surface area contributed by atoms with E-state index in [4.69, 9.17) is 9.68 Å². The third kappa shape index (κ3) is 8.77. The molecule has 4 nitrogen and oxygen atoms in total. The minimum absolute atomic E-state index is 0.482. The Labute approximate surface area is 131 Å². The maximum atomic E-state index is 5.78. The zero-order chi connectivity index (χ0) is 15.3. The summed E-state index contributed by atoms with van der Waals surface area (Å²) in [6, 6.07) is 0.482. The monoisotopic (exact) mass is 300 g/mol.